The van der Waals surface area contributed by atoms with Crippen LogP contribution in [0.3, 0.4) is 0 Å². The normalized spacial score (nSPS) is 19.8. The highest BCUT2D eigenvalue weighted by molar-refractivity contribution is 5.69. The number of hydrogen-bond acceptors (Lipinski definition) is 3. The summed E-state index contributed by atoms with van der Waals surface area (Å²) in [6.45, 7) is 1.99. The lowest BCUT2D eigenvalue weighted by Gasteiger charge is -2.18. The van der Waals surface area contributed by atoms with E-state index < -0.39 is 0 Å². The molecule has 1 unspecified atom stereocenters. The number of carbonyl (C=O) groups excluding carboxylic acids is 1. The predicted molar refractivity (Wildman–Crippen MR) is 63.4 cm³/mol. The van der Waals surface area contributed by atoms with Gasteiger partial charge in [-0.05, 0) is 24.5 Å². The third-order valence-electron chi connectivity index (χ3n) is 3.09. The van der Waals surface area contributed by atoms with E-state index in [-0.39, 0.29) is 5.97 Å². The first-order valence-corrected chi connectivity index (χ1v) is 5.66. The molecule has 16 heavy (non-hydrogen) atoms. The van der Waals surface area contributed by atoms with Crippen molar-refractivity contribution in [1.29, 1.82) is 0 Å². The highest BCUT2D eigenvalue weighted by Gasteiger charge is 2.24. The largest absolute Gasteiger partial charge is 0.469 e. The van der Waals surface area contributed by atoms with E-state index in [0.717, 1.165) is 19.5 Å². The summed E-state index contributed by atoms with van der Waals surface area (Å²) in [4.78, 5) is 13.5. The second-order valence-corrected chi connectivity index (χ2v) is 4.22. The molecule has 1 fully saturated rings. The van der Waals surface area contributed by atoms with Crippen LogP contribution in [0.4, 0.5) is 5.69 Å². The lowest BCUT2D eigenvalue weighted by atomic mass is 10.1. The molecule has 0 spiro atoms. The van der Waals surface area contributed by atoms with Crippen LogP contribution < -0.4 is 4.90 Å². The fourth-order valence-electron chi connectivity index (χ4n) is 2.19. The Kier molecular flexibility index (Phi) is 3.44. The molecule has 0 amide bonds. The molecular weight excluding hydrogens is 202 g/mol. The molecule has 1 aromatic carbocycles. The number of ether oxygens (including phenoxy) is 1. The monoisotopic (exact) mass is 219 g/mol. The quantitative estimate of drug-likeness (QED) is 0.729. The fraction of sp³-hybridized carbons (Fsp3) is 0.462. The van der Waals surface area contributed by atoms with Crippen LogP contribution in [0.5, 0.6) is 0 Å². The summed E-state index contributed by atoms with van der Waals surface area (Å²) in [7, 11) is 1.45. The number of nitrogens with zero attached hydrogens (tertiary/aromatic N) is 1. The van der Waals surface area contributed by atoms with E-state index in [2.05, 4.69) is 17.0 Å². The number of rotatable bonds is 3. The van der Waals surface area contributed by atoms with Crippen LogP contribution in [0.25, 0.3) is 0 Å². The van der Waals surface area contributed by atoms with Crippen molar-refractivity contribution in [3.63, 3.8) is 0 Å². The van der Waals surface area contributed by atoms with Crippen LogP contribution in [0, 0.1) is 5.92 Å². The van der Waals surface area contributed by atoms with Crippen LogP contribution in [-0.4, -0.2) is 26.2 Å². The molecule has 0 N–H and O–H groups in total. The molecule has 1 heterocycles. The van der Waals surface area contributed by atoms with E-state index in [1.807, 2.05) is 18.2 Å². The Labute approximate surface area is 96.0 Å². The fourth-order valence-corrected chi connectivity index (χ4v) is 2.19. The minimum absolute atomic E-state index is 0.0973. The number of methoxy groups -OCH3 is 1. The van der Waals surface area contributed by atoms with E-state index in [1.54, 1.807) is 0 Å². The van der Waals surface area contributed by atoms with Gasteiger partial charge in [0.05, 0.1) is 13.5 Å². The van der Waals surface area contributed by atoms with E-state index in [9.17, 15) is 4.79 Å². The molecular formula is C13H17NO2. The molecule has 1 saturated heterocycles. The zero-order valence-electron chi connectivity index (χ0n) is 9.56. The Balaban J connectivity index is 1.91. The topological polar surface area (TPSA) is 29.5 Å². The molecule has 0 aliphatic carbocycles. The van der Waals surface area contributed by atoms with Crippen LogP contribution >= 0.6 is 0 Å². The van der Waals surface area contributed by atoms with Gasteiger partial charge < -0.3 is 9.64 Å². The van der Waals surface area contributed by atoms with Gasteiger partial charge >= 0.3 is 5.97 Å². The Hall–Kier alpha value is -1.51. The van der Waals surface area contributed by atoms with Crippen LogP contribution in [0.15, 0.2) is 30.3 Å². The third kappa shape index (κ3) is 2.54. The molecule has 1 aliphatic heterocycles. The molecule has 0 aromatic heterocycles. The van der Waals surface area contributed by atoms with Gasteiger partial charge in [-0.15, -0.1) is 0 Å². The molecule has 0 radical (unpaired) electrons. The zero-order valence-corrected chi connectivity index (χ0v) is 9.56. The third-order valence-corrected chi connectivity index (χ3v) is 3.09. The molecule has 86 valence electrons. The van der Waals surface area contributed by atoms with Crippen molar-refractivity contribution in [2.75, 3.05) is 25.1 Å². The first-order valence-electron chi connectivity index (χ1n) is 5.66. The summed E-state index contributed by atoms with van der Waals surface area (Å²) in [5.74, 6) is 0.340. The summed E-state index contributed by atoms with van der Waals surface area (Å²) in [6.07, 6.45) is 1.61. The van der Waals surface area contributed by atoms with Crippen molar-refractivity contribution >= 4 is 11.7 Å². The number of anilines is 1. The Morgan fingerprint density at radius 3 is 2.88 bits per heavy atom. The van der Waals surface area contributed by atoms with Gasteiger partial charge in [0.2, 0.25) is 0 Å². The summed E-state index contributed by atoms with van der Waals surface area (Å²) in [5.41, 5.74) is 1.25. The van der Waals surface area contributed by atoms with Crippen LogP contribution in [-0.2, 0) is 9.53 Å². The molecule has 0 saturated carbocycles. The highest BCUT2D eigenvalue weighted by atomic mass is 16.5. The number of carbonyl (C=O) groups is 1. The minimum Gasteiger partial charge on any atom is -0.469 e. The second-order valence-electron chi connectivity index (χ2n) is 4.22. The molecule has 0 bridgehead atoms. The second kappa shape index (κ2) is 5.01. The standard InChI is InChI=1S/C13H17NO2/c1-16-13(15)9-11-7-8-14(10-11)12-5-3-2-4-6-12/h2-6,11H,7-10H2,1H3. The zero-order chi connectivity index (χ0) is 11.4. The summed E-state index contributed by atoms with van der Waals surface area (Å²) in [5, 5.41) is 0. The van der Waals surface area contributed by atoms with Gasteiger partial charge in [-0.3, -0.25) is 4.79 Å². The van der Waals surface area contributed by atoms with Crippen molar-refractivity contribution in [3.8, 4) is 0 Å². The van der Waals surface area contributed by atoms with Crippen molar-refractivity contribution < 1.29 is 9.53 Å². The Morgan fingerprint density at radius 2 is 2.19 bits per heavy atom. The number of hydrogen-bond donors (Lipinski definition) is 0. The van der Waals surface area contributed by atoms with E-state index in [0.29, 0.717) is 12.3 Å². The summed E-state index contributed by atoms with van der Waals surface area (Å²) in [6, 6.07) is 10.3. The maximum Gasteiger partial charge on any atom is 0.305 e. The number of para-hydroxylation sites is 1. The molecule has 1 atom stereocenters. The van der Waals surface area contributed by atoms with Gasteiger partial charge in [0.15, 0.2) is 0 Å². The summed E-state index contributed by atoms with van der Waals surface area (Å²) >= 11 is 0. The average molecular weight is 219 g/mol. The number of esters is 1. The first kappa shape index (κ1) is 11.0. The SMILES string of the molecule is COC(=O)CC1CCN(c2ccccc2)C1. The lowest BCUT2D eigenvalue weighted by Crippen LogP contribution is -2.20. The van der Waals surface area contributed by atoms with E-state index >= 15 is 0 Å². The minimum atomic E-state index is -0.0973. The summed E-state index contributed by atoms with van der Waals surface area (Å²) < 4.78 is 4.70. The average Bonchev–Trinajstić information content (AvgIpc) is 2.78. The van der Waals surface area contributed by atoms with Gasteiger partial charge in [-0.2, -0.15) is 0 Å². The molecule has 3 heteroatoms. The van der Waals surface area contributed by atoms with E-state index in [1.165, 1.54) is 12.8 Å². The lowest BCUT2D eigenvalue weighted by molar-refractivity contribution is -0.141. The van der Waals surface area contributed by atoms with Crippen LogP contribution in [0.2, 0.25) is 0 Å². The highest BCUT2D eigenvalue weighted by Crippen LogP contribution is 2.25. The van der Waals surface area contributed by atoms with Gasteiger partial charge in [-0.1, -0.05) is 18.2 Å². The first-order chi connectivity index (χ1) is 7.79. The number of benzene rings is 1. The Morgan fingerprint density at radius 1 is 1.44 bits per heavy atom. The van der Waals surface area contributed by atoms with Crippen molar-refractivity contribution in [2.24, 2.45) is 5.92 Å². The molecule has 1 aliphatic rings. The van der Waals surface area contributed by atoms with Crippen molar-refractivity contribution in [2.45, 2.75) is 12.8 Å². The van der Waals surface area contributed by atoms with Gasteiger partial charge in [0, 0.05) is 18.8 Å². The molecule has 2 rings (SSSR count). The maximum absolute atomic E-state index is 11.2. The van der Waals surface area contributed by atoms with E-state index in [4.69, 9.17) is 4.74 Å². The smallest absolute Gasteiger partial charge is 0.305 e. The maximum atomic E-state index is 11.2. The van der Waals surface area contributed by atoms with Gasteiger partial charge in [-0.25, -0.2) is 0 Å². The molecule has 3 nitrogen and oxygen atoms in total. The van der Waals surface area contributed by atoms with Crippen LogP contribution in [0.1, 0.15) is 12.8 Å². The van der Waals surface area contributed by atoms with Crippen molar-refractivity contribution in [1.82, 2.24) is 0 Å². The predicted octanol–water partition coefficient (Wildman–Crippen LogP) is 2.08. The van der Waals surface area contributed by atoms with Gasteiger partial charge in [0.1, 0.15) is 0 Å². The van der Waals surface area contributed by atoms with Crippen molar-refractivity contribution in [3.05, 3.63) is 30.3 Å². The van der Waals surface area contributed by atoms with Gasteiger partial charge in [0.25, 0.3) is 0 Å². The molecule has 1 aromatic rings. The Bertz CT molecular complexity index is 350.